The first-order valence-corrected chi connectivity index (χ1v) is 9.68. The molecule has 9 nitrogen and oxygen atoms in total. The van der Waals surface area contributed by atoms with Crippen LogP contribution in [0.4, 0.5) is 0 Å². The molecule has 0 aliphatic carbocycles. The van der Waals surface area contributed by atoms with E-state index in [1.165, 1.54) is 12.1 Å². The molecule has 3 heterocycles. The van der Waals surface area contributed by atoms with Crippen molar-refractivity contribution >= 4 is 11.9 Å². The van der Waals surface area contributed by atoms with Crippen LogP contribution in [0.15, 0.2) is 41.2 Å². The molecule has 4 rings (SSSR count). The first kappa shape index (κ1) is 19.6. The number of aromatic nitrogens is 4. The lowest BCUT2D eigenvalue weighted by Gasteiger charge is -2.27. The van der Waals surface area contributed by atoms with Gasteiger partial charge in [-0.1, -0.05) is 17.7 Å². The summed E-state index contributed by atoms with van der Waals surface area (Å²) in [5.41, 5.74) is 3.47. The van der Waals surface area contributed by atoms with E-state index in [2.05, 4.69) is 15.3 Å². The van der Waals surface area contributed by atoms with Crippen LogP contribution in [0.3, 0.4) is 0 Å². The summed E-state index contributed by atoms with van der Waals surface area (Å²) in [7, 11) is 0. The van der Waals surface area contributed by atoms with E-state index < -0.39 is 5.97 Å². The number of carbonyl (C=O) groups is 2. The molecule has 2 aromatic heterocycles. The van der Waals surface area contributed by atoms with Gasteiger partial charge in [0, 0.05) is 24.6 Å². The van der Waals surface area contributed by atoms with E-state index in [0.29, 0.717) is 18.5 Å². The summed E-state index contributed by atoms with van der Waals surface area (Å²) in [6, 6.07) is 10.5. The molecule has 0 unspecified atom stereocenters. The Morgan fingerprint density at radius 1 is 1.17 bits per heavy atom. The lowest BCUT2D eigenvalue weighted by molar-refractivity contribution is 0.0513. The third-order valence-corrected chi connectivity index (χ3v) is 4.99. The van der Waals surface area contributed by atoms with E-state index in [-0.39, 0.29) is 36.0 Å². The number of amides is 1. The number of hydrogen-bond donors (Lipinski definition) is 1. The van der Waals surface area contributed by atoms with Crippen molar-refractivity contribution in [3.63, 3.8) is 0 Å². The molecule has 0 atom stereocenters. The monoisotopic (exact) mass is 407 g/mol. The molecule has 9 heteroatoms. The molecule has 0 saturated carbocycles. The largest absolute Gasteiger partial charge is 0.461 e. The van der Waals surface area contributed by atoms with E-state index >= 15 is 0 Å². The SMILES string of the molecule is CCOC(=O)c1nn(-c2ccc(C)cc2)c2c1CN(C(=O)c1ccc(=O)[nH]n1)CC2. The number of rotatable bonds is 4. The Balaban J connectivity index is 1.71. The number of carbonyl (C=O) groups excluding carboxylic acids is 2. The Labute approximate surface area is 172 Å². The second-order valence-electron chi connectivity index (χ2n) is 7.02. The fourth-order valence-corrected chi connectivity index (χ4v) is 3.48. The van der Waals surface area contributed by atoms with Crippen LogP contribution in [0.25, 0.3) is 5.69 Å². The van der Waals surface area contributed by atoms with Crippen LogP contribution in [-0.4, -0.2) is 49.9 Å². The maximum Gasteiger partial charge on any atom is 0.359 e. The topological polar surface area (TPSA) is 110 Å². The highest BCUT2D eigenvalue weighted by Crippen LogP contribution is 2.27. The van der Waals surface area contributed by atoms with Gasteiger partial charge < -0.3 is 9.64 Å². The van der Waals surface area contributed by atoms with Gasteiger partial charge in [0.05, 0.1) is 24.5 Å². The average molecular weight is 407 g/mol. The van der Waals surface area contributed by atoms with Gasteiger partial charge in [-0.15, -0.1) is 0 Å². The number of benzene rings is 1. The van der Waals surface area contributed by atoms with Crippen molar-refractivity contribution < 1.29 is 14.3 Å². The third-order valence-electron chi connectivity index (χ3n) is 4.99. The molecule has 30 heavy (non-hydrogen) atoms. The van der Waals surface area contributed by atoms with Gasteiger partial charge in [-0.25, -0.2) is 14.6 Å². The number of H-pyrrole nitrogens is 1. The average Bonchev–Trinajstić information content (AvgIpc) is 3.13. The minimum atomic E-state index is -0.518. The molecule has 0 bridgehead atoms. The van der Waals surface area contributed by atoms with Gasteiger partial charge in [0.1, 0.15) is 5.69 Å². The second-order valence-corrected chi connectivity index (χ2v) is 7.02. The van der Waals surface area contributed by atoms with Crippen LogP contribution in [0, 0.1) is 6.92 Å². The summed E-state index contributed by atoms with van der Waals surface area (Å²) in [4.78, 5) is 38.2. The van der Waals surface area contributed by atoms with Crippen molar-refractivity contribution in [1.82, 2.24) is 24.9 Å². The number of aryl methyl sites for hydroxylation is 1. The molecule has 0 radical (unpaired) electrons. The highest BCUT2D eigenvalue weighted by atomic mass is 16.5. The standard InChI is InChI=1S/C21H21N5O4/c1-3-30-21(29)19-15-12-25(20(28)16-8-9-18(27)23-22-16)11-10-17(15)26(24-19)14-6-4-13(2)5-7-14/h4-9H,3,10-12H2,1-2H3,(H,23,27). The molecule has 0 spiro atoms. The second kappa shape index (κ2) is 7.94. The predicted molar refractivity (Wildman–Crippen MR) is 108 cm³/mol. The number of nitrogens with zero attached hydrogens (tertiary/aromatic N) is 4. The van der Waals surface area contributed by atoms with E-state index in [4.69, 9.17) is 4.74 Å². The van der Waals surface area contributed by atoms with Crippen LogP contribution in [0.2, 0.25) is 0 Å². The Morgan fingerprint density at radius 3 is 2.60 bits per heavy atom. The number of nitrogens with one attached hydrogen (secondary N) is 1. The van der Waals surface area contributed by atoms with Crippen LogP contribution in [0.5, 0.6) is 0 Å². The van der Waals surface area contributed by atoms with Gasteiger partial charge in [-0.3, -0.25) is 9.59 Å². The summed E-state index contributed by atoms with van der Waals surface area (Å²) in [6.07, 6.45) is 0.519. The summed E-state index contributed by atoms with van der Waals surface area (Å²) >= 11 is 0. The Hall–Kier alpha value is -3.75. The quantitative estimate of drug-likeness (QED) is 0.659. The zero-order valence-corrected chi connectivity index (χ0v) is 16.7. The maximum absolute atomic E-state index is 12.8. The highest BCUT2D eigenvalue weighted by molar-refractivity contribution is 5.93. The van der Waals surface area contributed by atoms with E-state index in [0.717, 1.165) is 16.9 Å². The van der Waals surface area contributed by atoms with Crippen LogP contribution < -0.4 is 5.56 Å². The molecule has 0 saturated heterocycles. The summed E-state index contributed by atoms with van der Waals surface area (Å²) in [6.45, 7) is 4.61. The number of hydrogen-bond acceptors (Lipinski definition) is 6. The maximum atomic E-state index is 12.8. The zero-order valence-electron chi connectivity index (χ0n) is 16.7. The molecule has 0 fully saturated rings. The molecule has 1 amide bonds. The van der Waals surface area contributed by atoms with Gasteiger partial charge in [-0.05, 0) is 32.0 Å². The van der Waals surface area contributed by atoms with Crippen molar-refractivity contribution in [2.24, 2.45) is 0 Å². The molecule has 1 aliphatic rings. The minimum absolute atomic E-state index is 0.140. The summed E-state index contributed by atoms with van der Waals surface area (Å²) in [5.74, 6) is -0.842. The van der Waals surface area contributed by atoms with Crippen LogP contribution in [0.1, 0.15) is 44.7 Å². The molecular weight excluding hydrogens is 386 g/mol. The predicted octanol–water partition coefficient (Wildman–Crippen LogP) is 1.64. The van der Waals surface area contributed by atoms with E-state index in [1.807, 2.05) is 31.2 Å². The molecule has 1 aromatic carbocycles. The Bertz CT molecular complexity index is 1140. The normalized spacial score (nSPS) is 13.1. The summed E-state index contributed by atoms with van der Waals surface area (Å²) < 4.78 is 6.94. The fourth-order valence-electron chi connectivity index (χ4n) is 3.48. The van der Waals surface area contributed by atoms with Crippen molar-refractivity contribution in [1.29, 1.82) is 0 Å². The lowest BCUT2D eigenvalue weighted by atomic mass is 10.0. The third kappa shape index (κ3) is 3.61. The van der Waals surface area contributed by atoms with Crippen molar-refractivity contribution in [2.75, 3.05) is 13.2 Å². The van der Waals surface area contributed by atoms with Crippen LogP contribution in [-0.2, 0) is 17.7 Å². The fraction of sp³-hybridized carbons (Fsp3) is 0.286. The van der Waals surface area contributed by atoms with Crippen molar-refractivity contribution in [2.45, 2.75) is 26.8 Å². The van der Waals surface area contributed by atoms with Gasteiger partial charge in [0.15, 0.2) is 5.69 Å². The van der Waals surface area contributed by atoms with E-state index in [1.54, 1.807) is 16.5 Å². The molecular formula is C21H21N5O4. The number of fused-ring (bicyclic) bond motifs is 1. The zero-order chi connectivity index (χ0) is 21.3. The highest BCUT2D eigenvalue weighted by Gasteiger charge is 2.32. The lowest BCUT2D eigenvalue weighted by Crippen LogP contribution is -2.37. The molecule has 154 valence electrons. The van der Waals surface area contributed by atoms with Gasteiger partial charge in [-0.2, -0.15) is 10.2 Å². The first-order valence-electron chi connectivity index (χ1n) is 9.68. The van der Waals surface area contributed by atoms with Gasteiger partial charge in [0.25, 0.3) is 11.5 Å². The minimum Gasteiger partial charge on any atom is -0.461 e. The Kier molecular flexibility index (Phi) is 5.18. The number of aromatic amines is 1. The van der Waals surface area contributed by atoms with Gasteiger partial charge >= 0.3 is 5.97 Å². The first-order chi connectivity index (χ1) is 14.5. The molecule has 1 N–H and O–H groups in total. The van der Waals surface area contributed by atoms with E-state index in [9.17, 15) is 14.4 Å². The Morgan fingerprint density at radius 2 is 1.93 bits per heavy atom. The molecule has 3 aromatic rings. The van der Waals surface area contributed by atoms with Crippen LogP contribution >= 0.6 is 0 Å². The van der Waals surface area contributed by atoms with Crippen molar-refractivity contribution in [3.8, 4) is 5.69 Å². The summed E-state index contributed by atoms with van der Waals surface area (Å²) in [5, 5.41) is 10.6. The molecule has 1 aliphatic heterocycles. The number of ether oxygens (including phenoxy) is 1. The smallest absolute Gasteiger partial charge is 0.359 e. The van der Waals surface area contributed by atoms with Gasteiger partial charge in [0.2, 0.25) is 0 Å². The number of esters is 1. The van der Waals surface area contributed by atoms with Crippen molar-refractivity contribution in [3.05, 3.63) is 75.0 Å².